The fourth-order valence-electron chi connectivity index (χ4n) is 1.78. The van der Waals surface area contributed by atoms with Crippen LogP contribution in [0.3, 0.4) is 0 Å². The summed E-state index contributed by atoms with van der Waals surface area (Å²) in [5, 5.41) is 3.58. The highest BCUT2D eigenvalue weighted by atomic mass is 16.5. The Morgan fingerprint density at radius 2 is 2.15 bits per heavy atom. The Morgan fingerprint density at radius 3 is 2.62 bits per heavy atom. The van der Waals surface area contributed by atoms with Crippen molar-refractivity contribution in [3.8, 4) is 0 Å². The van der Waals surface area contributed by atoms with Gasteiger partial charge in [0.05, 0.1) is 6.61 Å². The predicted octanol–water partition coefficient (Wildman–Crippen LogP) is 2.19. The third-order valence-electron chi connectivity index (χ3n) is 2.88. The molecule has 0 saturated heterocycles. The fraction of sp³-hybridized carbons (Fsp3) is 1.00. The minimum atomic E-state index is 0.619. The third kappa shape index (κ3) is 3.65. The first-order valence-electron chi connectivity index (χ1n) is 5.69. The molecular weight excluding hydrogens is 162 g/mol. The van der Waals surface area contributed by atoms with Crippen LogP contribution in [0.4, 0.5) is 0 Å². The minimum Gasteiger partial charge on any atom is -0.380 e. The van der Waals surface area contributed by atoms with Gasteiger partial charge in [0.1, 0.15) is 0 Å². The second-order valence-corrected chi connectivity index (χ2v) is 3.91. The van der Waals surface area contributed by atoms with Gasteiger partial charge >= 0.3 is 0 Å². The number of hydrogen-bond acceptors (Lipinski definition) is 2. The van der Waals surface area contributed by atoms with E-state index in [0.29, 0.717) is 6.04 Å². The SMILES string of the molecule is CCCNC(COCC)C1CCC1. The van der Waals surface area contributed by atoms with Crippen LogP contribution < -0.4 is 5.32 Å². The molecule has 0 amide bonds. The largest absolute Gasteiger partial charge is 0.380 e. The van der Waals surface area contributed by atoms with Gasteiger partial charge in [-0.1, -0.05) is 13.3 Å². The van der Waals surface area contributed by atoms with Crippen molar-refractivity contribution in [1.29, 1.82) is 0 Å². The van der Waals surface area contributed by atoms with Crippen molar-refractivity contribution in [1.82, 2.24) is 5.32 Å². The molecule has 0 spiro atoms. The smallest absolute Gasteiger partial charge is 0.0622 e. The molecule has 1 fully saturated rings. The average Bonchev–Trinajstić information content (AvgIpc) is 2.06. The highest BCUT2D eigenvalue weighted by molar-refractivity contribution is 4.82. The van der Waals surface area contributed by atoms with E-state index in [0.717, 1.165) is 25.7 Å². The highest BCUT2D eigenvalue weighted by Crippen LogP contribution is 2.29. The second-order valence-electron chi connectivity index (χ2n) is 3.91. The number of hydrogen-bond donors (Lipinski definition) is 1. The Morgan fingerprint density at radius 1 is 1.38 bits per heavy atom. The van der Waals surface area contributed by atoms with Gasteiger partial charge in [0, 0.05) is 12.6 Å². The summed E-state index contributed by atoms with van der Waals surface area (Å²) in [5.74, 6) is 0.887. The highest BCUT2D eigenvalue weighted by Gasteiger charge is 2.26. The van der Waals surface area contributed by atoms with Gasteiger partial charge in [-0.05, 0) is 38.6 Å². The van der Waals surface area contributed by atoms with E-state index in [1.807, 2.05) is 0 Å². The van der Waals surface area contributed by atoms with Crippen LogP contribution in [0.5, 0.6) is 0 Å². The van der Waals surface area contributed by atoms with E-state index in [1.54, 1.807) is 0 Å². The van der Waals surface area contributed by atoms with Crippen molar-refractivity contribution in [3.63, 3.8) is 0 Å². The standard InChI is InChI=1S/C11H23NO/c1-3-8-12-11(9-13-4-2)10-6-5-7-10/h10-12H,3-9H2,1-2H3. The topological polar surface area (TPSA) is 21.3 Å². The van der Waals surface area contributed by atoms with Crippen LogP contribution in [0.15, 0.2) is 0 Å². The van der Waals surface area contributed by atoms with Crippen molar-refractivity contribution in [3.05, 3.63) is 0 Å². The lowest BCUT2D eigenvalue weighted by atomic mass is 9.80. The van der Waals surface area contributed by atoms with Crippen LogP contribution in [0, 0.1) is 5.92 Å². The monoisotopic (exact) mass is 185 g/mol. The zero-order valence-electron chi connectivity index (χ0n) is 9.01. The molecule has 1 aliphatic carbocycles. The van der Waals surface area contributed by atoms with E-state index in [4.69, 9.17) is 4.74 Å². The first-order chi connectivity index (χ1) is 6.38. The molecule has 0 aliphatic heterocycles. The van der Waals surface area contributed by atoms with E-state index in [1.165, 1.54) is 25.7 Å². The normalized spacial score (nSPS) is 19.8. The van der Waals surface area contributed by atoms with E-state index < -0.39 is 0 Å². The first kappa shape index (κ1) is 11.0. The molecule has 1 N–H and O–H groups in total. The van der Waals surface area contributed by atoms with Crippen molar-refractivity contribution in [2.45, 2.75) is 45.6 Å². The molecule has 0 aromatic carbocycles. The number of nitrogens with one attached hydrogen (secondary N) is 1. The lowest BCUT2D eigenvalue weighted by molar-refractivity contribution is 0.0824. The summed E-state index contributed by atoms with van der Waals surface area (Å²) in [6.45, 7) is 7.16. The van der Waals surface area contributed by atoms with E-state index >= 15 is 0 Å². The summed E-state index contributed by atoms with van der Waals surface area (Å²) in [7, 11) is 0. The molecule has 2 heteroatoms. The summed E-state index contributed by atoms with van der Waals surface area (Å²) in [6, 6.07) is 0.619. The molecular formula is C11H23NO. The van der Waals surface area contributed by atoms with Crippen molar-refractivity contribution in [2.75, 3.05) is 19.8 Å². The average molecular weight is 185 g/mol. The Balaban J connectivity index is 2.16. The first-order valence-corrected chi connectivity index (χ1v) is 5.69. The zero-order valence-corrected chi connectivity index (χ0v) is 9.01. The maximum atomic E-state index is 5.49. The molecule has 0 heterocycles. The third-order valence-corrected chi connectivity index (χ3v) is 2.88. The maximum Gasteiger partial charge on any atom is 0.0622 e. The summed E-state index contributed by atoms with van der Waals surface area (Å²) >= 11 is 0. The van der Waals surface area contributed by atoms with Gasteiger partial charge in [-0.3, -0.25) is 0 Å². The molecule has 1 unspecified atom stereocenters. The van der Waals surface area contributed by atoms with Gasteiger partial charge in [-0.2, -0.15) is 0 Å². The molecule has 2 nitrogen and oxygen atoms in total. The molecule has 1 saturated carbocycles. The molecule has 0 bridgehead atoms. The van der Waals surface area contributed by atoms with E-state index in [9.17, 15) is 0 Å². The predicted molar refractivity (Wildman–Crippen MR) is 55.9 cm³/mol. The van der Waals surface area contributed by atoms with Crippen molar-refractivity contribution >= 4 is 0 Å². The van der Waals surface area contributed by atoms with Gasteiger partial charge in [0.25, 0.3) is 0 Å². The van der Waals surface area contributed by atoms with Gasteiger partial charge in [-0.15, -0.1) is 0 Å². The summed E-state index contributed by atoms with van der Waals surface area (Å²) < 4.78 is 5.49. The Hall–Kier alpha value is -0.0800. The van der Waals surface area contributed by atoms with E-state index in [-0.39, 0.29) is 0 Å². The Bertz CT molecular complexity index is 115. The molecule has 13 heavy (non-hydrogen) atoms. The molecule has 78 valence electrons. The van der Waals surface area contributed by atoms with Gasteiger partial charge < -0.3 is 10.1 Å². The van der Waals surface area contributed by atoms with Crippen LogP contribution in [0.25, 0.3) is 0 Å². The summed E-state index contributed by atoms with van der Waals surface area (Å²) in [6.07, 6.45) is 5.43. The van der Waals surface area contributed by atoms with E-state index in [2.05, 4.69) is 19.2 Å². The van der Waals surface area contributed by atoms with Crippen molar-refractivity contribution < 1.29 is 4.74 Å². The maximum absolute atomic E-state index is 5.49. The molecule has 1 aliphatic rings. The summed E-state index contributed by atoms with van der Waals surface area (Å²) in [4.78, 5) is 0. The van der Waals surface area contributed by atoms with Crippen molar-refractivity contribution in [2.24, 2.45) is 5.92 Å². The van der Waals surface area contributed by atoms with Crippen LogP contribution in [0.1, 0.15) is 39.5 Å². The zero-order chi connectivity index (χ0) is 9.52. The van der Waals surface area contributed by atoms with Gasteiger partial charge in [0.15, 0.2) is 0 Å². The van der Waals surface area contributed by atoms with Crippen LogP contribution in [-0.2, 0) is 4.74 Å². The molecule has 0 radical (unpaired) electrons. The Kier molecular flexibility index (Phi) is 5.40. The quantitative estimate of drug-likeness (QED) is 0.656. The Labute approximate surface area is 82.0 Å². The summed E-state index contributed by atoms with van der Waals surface area (Å²) in [5.41, 5.74) is 0. The lowest BCUT2D eigenvalue weighted by Crippen LogP contribution is -2.43. The van der Waals surface area contributed by atoms with Gasteiger partial charge in [0.2, 0.25) is 0 Å². The molecule has 1 atom stereocenters. The fourth-order valence-corrected chi connectivity index (χ4v) is 1.78. The van der Waals surface area contributed by atoms with Crippen LogP contribution in [-0.4, -0.2) is 25.8 Å². The van der Waals surface area contributed by atoms with Crippen LogP contribution in [0.2, 0.25) is 0 Å². The lowest BCUT2D eigenvalue weighted by Gasteiger charge is -2.34. The molecule has 0 aromatic rings. The molecule has 0 aromatic heterocycles. The minimum absolute atomic E-state index is 0.619. The second kappa shape index (κ2) is 6.39. The number of ether oxygens (including phenoxy) is 1. The number of rotatable bonds is 7. The van der Waals surface area contributed by atoms with Gasteiger partial charge in [-0.25, -0.2) is 0 Å². The van der Waals surface area contributed by atoms with Crippen LogP contribution >= 0.6 is 0 Å². The molecule has 1 rings (SSSR count).